The maximum absolute atomic E-state index is 11.1. The van der Waals surface area contributed by atoms with E-state index in [2.05, 4.69) is 20.7 Å². The predicted octanol–water partition coefficient (Wildman–Crippen LogP) is 2.20. The van der Waals surface area contributed by atoms with Gasteiger partial charge in [0.1, 0.15) is 0 Å². The van der Waals surface area contributed by atoms with Gasteiger partial charge in [-0.15, -0.1) is 0 Å². The molecule has 0 aliphatic heterocycles. The van der Waals surface area contributed by atoms with Gasteiger partial charge in [0.2, 0.25) is 0 Å². The fourth-order valence-electron chi connectivity index (χ4n) is 0.944. The standard InChI is InChI=1S/C11H9BrO3/c1-15-11(14)10(13)7-6-8-4-2-3-5-9(8)12/h2-7H,1H3. The molecule has 0 saturated carbocycles. The lowest BCUT2D eigenvalue weighted by atomic mass is 10.2. The zero-order chi connectivity index (χ0) is 11.3. The van der Waals surface area contributed by atoms with Gasteiger partial charge in [-0.3, -0.25) is 4.79 Å². The molecule has 0 atom stereocenters. The molecule has 1 rings (SSSR count). The number of ether oxygens (including phenoxy) is 1. The van der Waals surface area contributed by atoms with E-state index in [1.54, 1.807) is 6.08 Å². The molecule has 0 bridgehead atoms. The fourth-order valence-corrected chi connectivity index (χ4v) is 1.36. The first-order chi connectivity index (χ1) is 7.15. The number of benzene rings is 1. The number of hydrogen-bond donors (Lipinski definition) is 0. The first-order valence-electron chi connectivity index (χ1n) is 4.20. The van der Waals surface area contributed by atoms with E-state index in [9.17, 15) is 9.59 Å². The SMILES string of the molecule is COC(=O)C(=O)C=Cc1ccccc1Br. The molecule has 0 unspecified atom stereocenters. The minimum absolute atomic E-state index is 0.673. The van der Waals surface area contributed by atoms with Crippen LogP contribution in [-0.4, -0.2) is 18.9 Å². The van der Waals surface area contributed by atoms with E-state index in [4.69, 9.17) is 0 Å². The Bertz CT molecular complexity index is 410. The molecular weight excluding hydrogens is 260 g/mol. The first kappa shape index (κ1) is 11.7. The molecule has 4 heteroatoms. The van der Waals surface area contributed by atoms with Crippen LogP contribution in [0.3, 0.4) is 0 Å². The summed E-state index contributed by atoms with van der Waals surface area (Å²) >= 11 is 3.32. The molecule has 0 heterocycles. The molecule has 0 aromatic heterocycles. The predicted molar refractivity (Wildman–Crippen MR) is 60.2 cm³/mol. The van der Waals surface area contributed by atoms with Gasteiger partial charge in [0, 0.05) is 4.47 Å². The third-order valence-corrected chi connectivity index (χ3v) is 2.43. The quantitative estimate of drug-likeness (QED) is 0.480. The van der Waals surface area contributed by atoms with E-state index in [1.165, 1.54) is 13.2 Å². The number of methoxy groups -OCH3 is 1. The second kappa shape index (κ2) is 5.46. The Morgan fingerprint density at radius 2 is 2.00 bits per heavy atom. The summed E-state index contributed by atoms with van der Waals surface area (Å²) in [7, 11) is 1.17. The van der Waals surface area contributed by atoms with Crippen LogP contribution in [0.25, 0.3) is 6.08 Å². The molecule has 1 aromatic rings. The van der Waals surface area contributed by atoms with E-state index >= 15 is 0 Å². The summed E-state index contributed by atoms with van der Waals surface area (Å²) < 4.78 is 5.14. The van der Waals surface area contributed by atoms with Crippen LogP contribution >= 0.6 is 15.9 Å². The lowest BCUT2D eigenvalue weighted by molar-refractivity contribution is -0.149. The van der Waals surface area contributed by atoms with Crippen molar-refractivity contribution in [3.8, 4) is 0 Å². The smallest absolute Gasteiger partial charge is 0.378 e. The minimum atomic E-state index is -0.863. The van der Waals surface area contributed by atoms with E-state index in [0.29, 0.717) is 0 Å². The molecule has 0 radical (unpaired) electrons. The molecule has 1 aromatic carbocycles. The van der Waals surface area contributed by atoms with Crippen molar-refractivity contribution in [3.05, 3.63) is 40.4 Å². The second-order valence-corrected chi connectivity index (χ2v) is 3.57. The van der Waals surface area contributed by atoms with Crippen molar-refractivity contribution < 1.29 is 14.3 Å². The summed E-state index contributed by atoms with van der Waals surface area (Å²) in [5, 5.41) is 0. The summed E-state index contributed by atoms with van der Waals surface area (Å²) in [4.78, 5) is 21.9. The Kier molecular flexibility index (Phi) is 4.24. The van der Waals surface area contributed by atoms with Gasteiger partial charge in [-0.05, 0) is 23.8 Å². The Morgan fingerprint density at radius 1 is 1.33 bits per heavy atom. The summed E-state index contributed by atoms with van der Waals surface area (Å²) in [6.07, 6.45) is 2.75. The molecule has 0 aliphatic rings. The van der Waals surface area contributed by atoms with Crippen molar-refractivity contribution >= 4 is 33.8 Å². The Balaban J connectivity index is 2.78. The third kappa shape index (κ3) is 3.32. The highest BCUT2D eigenvalue weighted by atomic mass is 79.9. The monoisotopic (exact) mass is 268 g/mol. The topological polar surface area (TPSA) is 43.4 Å². The summed E-state index contributed by atoms with van der Waals surface area (Å²) in [5.74, 6) is -1.54. The van der Waals surface area contributed by atoms with Crippen LogP contribution in [0.4, 0.5) is 0 Å². The first-order valence-corrected chi connectivity index (χ1v) is 4.99. The maximum atomic E-state index is 11.1. The zero-order valence-corrected chi connectivity index (χ0v) is 9.65. The van der Waals surface area contributed by atoms with Crippen LogP contribution in [0, 0.1) is 0 Å². The zero-order valence-electron chi connectivity index (χ0n) is 8.07. The van der Waals surface area contributed by atoms with Crippen LogP contribution in [0.15, 0.2) is 34.8 Å². The molecule has 3 nitrogen and oxygen atoms in total. The highest BCUT2D eigenvalue weighted by Gasteiger charge is 2.08. The molecule has 0 aliphatic carbocycles. The van der Waals surface area contributed by atoms with Crippen molar-refractivity contribution in [1.29, 1.82) is 0 Å². The van der Waals surface area contributed by atoms with E-state index in [1.807, 2.05) is 24.3 Å². The Labute approximate surface area is 95.9 Å². The third-order valence-electron chi connectivity index (χ3n) is 1.71. The van der Waals surface area contributed by atoms with E-state index in [-0.39, 0.29) is 0 Å². The second-order valence-electron chi connectivity index (χ2n) is 2.71. The molecule has 0 saturated heterocycles. The normalized spacial score (nSPS) is 10.3. The number of hydrogen-bond acceptors (Lipinski definition) is 3. The van der Waals surface area contributed by atoms with Gasteiger partial charge < -0.3 is 4.74 Å². The van der Waals surface area contributed by atoms with E-state index in [0.717, 1.165) is 10.0 Å². The van der Waals surface area contributed by atoms with Gasteiger partial charge in [0.05, 0.1) is 7.11 Å². The van der Waals surface area contributed by atoms with Crippen molar-refractivity contribution in [3.63, 3.8) is 0 Å². The molecular formula is C11H9BrO3. The van der Waals surface area contributed by atoms with Crippen LogP contribution in [0.5, 0.6) is 0 Å². The summed E-state index contributed by atoms with van der Waals surface area (Å²) in [5.41, 5.74) is 0.828. The average molecular weight is 269 g/mol. The van der Waals surface area contributed by atoms with Gasteiger partial charge >= 0.3 is 5.97 Å². The average Bonchev–Trinajstić information content (AvgIpc) is 2.26. The van der Waals surface area contributed by atoms with Crippen molar-refractivity contribution in [2.75, 3.05) is 7.11 Å². The number of esters is 1. The van der Waals surface area contributed by atoms with E-state index < -0.39 is 11.8 Å². The van der Waals surface area contributed by atoms with Gasteiger partial charge in [-0.1, -0.05) is 34.1 Å². The van der Waals surface area contributed by atoms with Crippen molar-refractivity contribution in [2.24, 2.45) is 0 Å². The minimum Gasteiger partial charge on any atom is -0.463 e. The molecule has 15 heavy (non-hydrogen) atoms. The summed E-state index contributed by atoms with van der Waals surface area (Å²) in [6.45, 7) is 0. The molecule has 78 valence electrons. The van der Waals surface area contributed by atoms with Gasteiger partial charge in [0.25, 0.3) is 5.78 Å². The number of carbonyl (C=O) groups excluding carboxylic acids is 2. The van der Waals surface area contributed by atoms with Gasteiger partial charge in [-0.2, -0.15) is 0 Å². The highest BCUT2D eigenvalue weighted by Crippen LogP contribution is 2.16. The molecule has 0 amide bonds. The lowest BCUT2D eigenvalue weighted by Gasteiger charge is -1.96. The fraction of sp³-hybridized carbons (Fsp3) is 0.0909. The number of carbonyl (C=O) groups is 2. The van der Waals surface area contributed by atoms with Crippen LogP contribution in [0.2, 0.25) is 0 Å². The maximum Gasteiger partial charge on any atom is 0.378 e. The van der Waals surface area contributed by atoms with Gasteiger partial charge in [0.15, 0.2) is 0 Å². The van der Waals surface area contributed by atoms with Crippen LogP contribution < -0.4 is 0 Å². The highest BCUT2D eigenvalue weighted by molar-refractivity contribution is 9.10. The van der Waals surface area contributed by atoms with Crippen molar-refractivity contribution in [2.45, 2.75) is 0 Å². The van der Waals surface area contributed by atoms with Crippen LogP contribution in [-0.2, 0) is 14.3 Å². The Morgan fingerprint density at radius 3 is 2.60 bits per heavy atom. The molecule has 0 spiro atoms. The largest absolute Gasteiger partial charge is 0.463 e. The number of rotatable bonds is 3. The van der Waals surface area contributed by atoms with Crippen molar-refractivity contribution in [1.82, 2.24) is 0 Å². The Hall–Kier alpha value is -1.42. The lowest BCUT2D eigenvalue weighted by Crippen LogP contribution is -2.12. The number of ketones is 1. The summed E-state index contributed by atoms with van der Waals surface area (Å²) in [6, 6.07) is 7.38. The molecule has 0 N–H and O–H groups in total. The van der Waals surface area contributed by atoms with Gasteiger partial charge in [-0.25, -0.2) is 4.79 Å². The van der Waals surface area contributed by atoms with Crippen LogP contribution in [0.1, 0.15) is 5.56 Å². The molecule has 0 fully saturated rings. The number of halogens is 1.